The summed E-state index contributed by atoms with van der Waals surface area (Å²) < 4.78 is 5.74. The van der Waals surface area contributed by atoms with Gasteiger partial charge in [-0.3, -0.25) is 0 Å². The Labute approximate surface area is 109 Å². The van der Waals surface area contributed by atoms with E-state index in [1.54, 1.807) is 24.3 Å². The molecule has 0 fully saturated rings. The van der Waals surface area contributed by atoms with Crippen LogP contribution in [0, 0.1) is 0 Å². The van der Waals surface area contributed by atoms with Crippen LogP contribution >= 0.6 is 0 Å². The van der Waals surface area contributed by atoms with Crippen molar-refractivity contribution >= 4 is 5.97 Å². The van der Waals surface area contributed by atoms with E-state index < -0.39 is 5.97 Å². The van der Waals surface area contributed by atoms with Gasteiger partial charge in [0.05, 0.1) is 11.7 Å². The molecule has 1 aromatic rings. The number of carboxylic acid groups (broad SMARTS) is 1. The van der Waals surface area contributed by atoms with Gasteiger partial charge in [0.1, 0.15) is 5.75 Å². The predicted octanol–water partition coefficient (Wildman–Crippen LogP) is 4.12. The Morgan fingerprint density at radius 2 is 1.89 bits per heavy atom. The topological polar surface area (TPSA) is 46.5 Å². The molecule has 0 amide bonds. The molecule has 1 atom stereocenters. The molecular weight excluding hydrogens is 228 g/mol. The maximum Gasteiger partial charge on any atom is 0.335 e. The molecule has 18 heavy (non-hydrogen) atoms. The molecule has 0 spiro atoms. The van der Waals surface area contributed by atoms with Gasteiger partial charge in [0.25, 0.3) is 0 Å². The largest absolute Gasteiger partial charge is 0.491 e. The molecule has 0 aliphatic carbocycles. The maximum atomic E-state index is 10.7. The number of carboxylic acids is 1. The van der Waals surface area contributed by atoms with Crippen LogP contribution in [0.2, 0.25) is 0 Å². The molecule has 0 saturated heterocycles. The monoisotopic (exact) mass is 250 g/mol. The molecule has 0 bridgehead atoms. The lowest BCUT2D eigenvalue weighted by Gasteiger charge is -2.14. The van der Waals surface area contributed by atoms with Gasteiger partial charge in [-0.05, 0) is 44.0 Å². The zero-order chi connectivity index (χ0) is 13.4. The average molecular weight is 250 g/mol. The van der Waals surface area contributed by atoms with Gasteiger partial charge in [-0.25, -0.2) is 4.79 Å². The van der Waals surface area contributed by atoms with Gasteiger partial charge in [0.15, 0.2) is 0 Å². The molecule has 3 heteroatoms. The van der Waals surface area contributed by atoms with Gasteiger partial charge in [-0.1, -0.05) is 26.2 Å². The Morgan fingerprint density at radius 1 is 1.22 bits per heavy atom. The van der Waals surface area contributed by atoms with Gasteiger partial charge in [0.2, 0.25) is 0 Å². The molecule has 0 radical (unpaired) electrons. The normalized spacial score (nSPS) is 12.1. The first-order valence-electron chi connectivity index (χ1n) is 6.63. The highest BCUT2D eigenvalue weighted by Crippen LogP contribution is 2.16. The Bertz CT molecular complexity index is 357. The van der Waals surface area contributed by atoms with Crippen LogP contribution in [0.1, 0.15) is 56.3 Å². The molecule has 1 N–H and O–H groups in total. The molecule has 0 saturated carbocycles. The first-order valence-corrected chi connectivity index (χ1v) is 6.63. The Hall–Kier alpha value is -1.51. The SMILES string of the molecule is CCCCCC[C@H](C)Oc1ccc(C(=O)O)cc1. The highest BCUT2D eigenvalue weighted by atomic mass is 16.5. The van der Waals surface area contributed by atoms with E-state index >= 15 is 0 Å². The van der Waals surface area contributed by atoms with E-state index in [4.69, 9.17) is 9.84 Å². The van der Waals surface area contributed by atoms with Crippen molar-refractivity contribution in [3.8, 4) is 5.75 Å². The maximum absolute atomic E-state index is 10.7. The molecule has 100 valence electrons. The molecule has 0 heterocycles. The predicted molar refractivity (Wildman–Crippen MR) is 72.3 cm³/mol. The standard InChI is InChI=1S/C15H22O3/c1-3-4-5-6-7-12(2)18-14-10-8-13(9-11-14)15(16)17/h8-12H,3-7H2,1-2H3,(H,16,17)/t12-/m0/s1. The molecule has 0 aliphatic rings. The third kappa shape index (κ3) is 5.21. The number of carbonyl (C=O) groups is 1. The Morgan fingerprint density at radius 3 is 2.44 bits per heavy atom. The van der Waals surface area contributed by atoms with E-state index in [2.05, 4.69) is 13.8 Å². The molecule has 3 nitrogen and oxygen atoms in total. The quantitative estimate of drug-likeness (QED) is 0.706. The van der Waals surface area contributed by atoms with Crippen LogP contribution in [0.3, 0.4) is 0 Å². The third-order valence-electron chi connectivity index (χ3n) is 2.90. The van der Waals surface area contributed by atoms with Gasteiger partial charge in [-0.2, -0.15) is 0 Å². The summed E-state index contributed by atoms with van der Waals surface area (Å²) in [7, 11) is 0. The van der Waals surface area contributed by atoms with E-state index in [-0.39, 0.29) is 11.7 Å². The molecular formula is C15H22O3. The fraction of sp³-hybridized carbons (Fsp3) is 0.533. The number of unbranched alkanes of at least 4 members (excludes halogenated alkanes) is 3. The summed E-state index contributed by atoms with van der Waals surface area (Å²) in [5.41, 5.74) is 0.290. The zero-order valence-corrected chi connectivity index (χ0v) is 11.2. The van der Waals surface area contributed by atoms with Crippen LogP contribution in [0.25, 0.3) is 0 Å². The minimum atomic E-state index is -0.908. The van der Waals surface area contributed by atoms with Crippen molar-refractivity contribution in [2.24, 2.45) is 0 Å². The minimum absolute atomic E-state index is 0.178. The second kappa shape index (κ2) is 7.75. The minimum Gasteiger partial charge on any atom is -0.491 e. The molecule has 0 unspecified atom stereocenters. The fourth-order valence-corrected chi connectivity index (χ4v) is 1.83. The van der Waals surface area contributed by atoms with Crippen molar-refractivity contribution in [2.45, 2.75) is 52.1 Å². The summed E-state index contributed by atoms with van der Waals surface area (Å²) in [6.07, 6.45) is 6.18. The smallest absolute Gasteiger partial charge is 0.335 e. The Balaban J connectivity index is 2.35. The third-order valence-corrected chi connectivity index (χ3v) is 2.90. The van der Waals surface area contributed by atoms with E-state index in [9.17, 15) is 4.79 Å². The van der Waals surface area contributed by atoms with E-state index in [1.165, 1.54) is 25.7 Å². The van der Waals surface area contributed by atoms with Gasteiger partial charge in [-0.15, -0.1) is 0 Å². The van der Waals surface area contributed by atoms with Crippen molar-refractivity contribution in [3.63, 3.8) is 0 Å². The molecule has 0 aromatic heterocycles. The van der Waals surface area contributed by atoms with Crippen LogP contribution < -0.4 is 4.74 Å². The summed E-state index contributed by atoms with van der Waals surface area (Å²) in [6, 6.07) is 6.57. The van der Waals surface area contributed by atoms with Crippen molar-refractivity contribution in [1.82, 2.24) is 0 Å². The number of benzene rings is 1. The van der Waals surface area contributed by atoms with E-state index in [1.807, 2.05) is 0 Å². The Kier molecular flexibility index (Phi) is 6.26. The van der Waals surface area contributed by atoms with Gasteiger partial charge >= 0.3 is 5.97 Å². The molecule has 0 aliphatic heterocycles. The summed E-state index contributed by atoms with van der Waals surface area (Å²) in [6.45, 7) is 4.25. The van der Waals surface area contributed by atoms with Gasteiger partial charge in [0, 0.05) is 0 Å². The van der Waals surface area contributed by atoms with Gasteiger partial charge < -0.3 is 9.84 Å². The number of aromatic carboxylic acids is 1. The lowest BCUT2D eigenvalue weighted by molar-refractivity contribution is 0.0697. The van der Waals surface area contributed by atoms with Crippen molar-refractivity contribution < 1.29 is 14.6 Å². The van der Waals surface area contributed by atoms with Crippen LogP contribution in [0.5, 0.6) is 5.75 Å². The molecule has 1 aromatic carbocycles. The summed E-state index contributed by atoms with van der Waals surface area (Å²) in [5, 5.41) is 8.78. The van der Waals surface area contributed by atoms with Crippen LogP contribution in [0.15, 0.2) is 24.3 Å². The number of hydrogen-bond donors (Lipinski definition) is 1. The highest BCUT2D eigenvalue weighted by molar-refractivity contribution is 5.87. The van der Waals surface area contributed by atoms with E-state index in [0.29, 0.717) is 0 Å². The lowest BCUT2D eigenvalue weighted by atomic mass is 10.1. The van der Waals surface area contributed by atoms with Crippen molar-refractivity contribution in [2.75, 3.05) is 0 Å². The lowest BCUT2D eigenvalue weighted by Crippen LogP contribution is -2.11. The average Bonchev–Trinajstić information content (AvgIpc) is 2.35. The summed E-state index contributed by atoms with van der Waals surface area (Å²) in [5.74, 6) is -0.169. The fourth-order valence-electron chi connectivity index (χ4n) is 1.83. The van der Waals surface area contributed by atoms with Crippen LogP contribution in [-0.2, 0) is 0 Å². The first-order chi connectivity index (χ1) is 8.63. The number of rotatable bonds is 8. The second-order valence-electron chi connectivity index (χ2n) is 4.61. The van der Waals surface area contributed by atoms with Crippen molar-refractivity contribution in [1.29, 1.82) is 0 Å². The van der Waals surface area contributed by atoms with Crippen LogP contribution in [-0.4, -0.2) is 17.2 Å². The highest BCUT2D eigenvalue weighted by Gasteiger charge is 2.06. The number of ether oxygens (including phenoxy) is 1. The van der Waals surface area contributed by atoms with E-state index in [0.717, 1.165) is 12.2 Å². The zero-order valence-electron chi connectivity index (χ0n) is 11.2. The second-order valence-corrected chi connectivity index (χ2v) is 4.61. The van der Waals surface area contributed by atoms with Crippen LogP contribution in [0.4, 0.5) is 0 Å². The summed E-state index contributed by atoms with van der Waals surface area (Å²) in [4.78, 5) is 10.7. The summed E-state index contributed by atoms with van der Waals surface area (Å²) >= 11 is 0. The number of hydrogen-bond acceptors (Lipinski definition) is 2. The van der Waals surface area contributed by atoms with Crippen molar-refractivity contribution in [3.05, 3.63) is 29.8 Å². The first kappa shape index (κ1) is 14.6. The molecule has 1 rings (SSSR count).